The normalized spacial score (nSPS) is 10.7. The van der Waals surface area contributed by atoms with Crippen molar-refractivity contribution in [3.63, 3.8) is 0 Å². The Morgan fingerprint density at radius 1 is 1.08 bits per heavy atom. The minimum absolute atomic E-state index is 0.0150. The molecule has 1 heterocycles. The molecule has 0 atom stereocenters. The van der Waals surface area contributed by atoms with Crippen LogP contribution in [0.2, 0.25) is 0 Å². The third-order valence-corrected chi connectivity index (χ3v) is 6.39. The SMILES string of the molecule is CCOC(=O)NCc1cc(F)ccc1COc1cc(C)n(-c2cc(C(=O)NCCO)ccc2C)c(=O)c1Br. The van der Waals surface area contributed by atoms with Gasteiger partial charge in [-0.05, 0) is 77.7 Å². The van der Waals surface area contributed by atoms with E-state index >= 15 is 0 Å². The van der Waals surface area contributed by atoms with Crippen molar-refractivity contribution in [2.24, 2.45) is 0 Å². The predicted molar refractivity (Wildman–Crippen MR) is 143 cm³/mol. The number of hydrogen-bond donors (Lipinski definition) is 3. The topological polar surface area (TPSA) is 119 Å². The van der Waals surface area contributed by atoms with Gasteiger partial charge in [0.05, 0.1) is 18.9 Å². The summed E-state index contributed by atoms with van der Waals surface area (Å²) >= 11 is 3.34. The molecule has 0 bridgehead atoms. The van der Waals surface area contributed by atoms with Gasteiger partial charge in [0.15, 0.2) is 0 Å². The highest BCUT2D eigenvalue weighted by Crippen LogP contribution is 2.27. The summed E-state index contributed by atoms with van der Waals surface area (Å²) in [4.78, 5) is 37.4. The summed E-state index contributed by atoms with van der Waals surface area (Å²) in [6.07, 6.45) is -0.615. The van der Waals surface area contributed by atoms with Gasteiger partial charge >= 0.3 is 6.09 Å². The Morgan fingerprint density at radius 2 is 1.84 bits per heavy atom. The molecule has 9 nitrogen and oxygen atoms in total. The summed E-state index contributed by atoms with van der Waals surface area (Å²) in [6, 6.07) is 10.8. The zero-order valence-electron chi connectivity index (χ0n) is 21.3. The second-order valence-corrected chi connectivity index (χ2v) is 9.15. The minimum Gasteiger partial charge on any atom is -0.487 e. The number of nitrogens with zero attached hydrogens (tertiary/aromatic N) is 1. The van der Waals surface area contributed by atoms with Crippen LogP contribution in [0.15, 0.2) is 51.7 Å². The van der Waals surface area contributed by atoms with Crippen molar-refractivity contribution in [3.05, 3.63) is 91.1 Å². The highest BCUT2D eigenvalue weighted by Gasteiger charge is 2.17. The first-order valence-corrected chi connectivity index (χ1v) is 12.7. The second-order valence-electron chi connectivity index (χ2n) is 8.36. The number of halogens is 2. The summed E-state index contributed by atoms with van der Waals surface area (Å²) in [5.41, 5.74) is 2.95. The van der Waals surface area contributed by atoms with Crippen LogP contribution in [0.25, 0.3) is 5.69 Å². The molecule has 0 aliphatic carbocycles. The molecule has 11 heteroatoms. The number of rotatable bonds is 10. The van der Waals surface area contributed by atoms with Gasteiger partial charge in [0, 0.05) is 30.4 Å². The molecule has 0 saturated heterocycles. The van der Waals surface area contributed by atoms with Crippen molar-refractivity contribution in [1.29, 1.82) is 0 Å². The Balaban J connectivity index is 1.88. The Kier molecular flexibility index (Phi) is 10.0. The van der Waals surface area contributed by atoms with E-state index in [4.69, 9.17) is 14.6 Å². The lowest BCUT2D eigenvalue weighted by Gasteiger charge is -2.18. The van der Waals surface area contributed by atoms with Gasteiger partial charge in [-0.3, -0.25) is 14.2 Å². The highest BCUT2D eigenvalue weighted by molar-refractivity contribution is 9.10. The molecule has 0 spiro atoms. The van der Waals surface area contributed by atoms with Crippen molar-refractivity contribution in [1.82, 2.24) is 15.2 Å². The molecule has 2 amide bonds. The molecule has 1 aromatic heterocycles. The van der Waals surface area contributed by atoms with Gasteiger partial charge in [0.25, 0.3) is 11.5 Å². The molecule has 0 unspecified atom stereocenters. The van der Waals surface area contributed by atoms with E-state index in [0.717, 1.165) is 5.56 Å². The number of carbonyl (C=O) groups is 2. The molecule has 3 rings (SSSR count). The van der Waals surface area contributed by atoms with Gasteiger partial charge in [-0.1, -0.05) is 12.1 Å². The van der Waals surface area contributed by atoms with Crippen LogP contribution in [0, 0.1) is 19.7 Å². The Hall–Kier alpha value is -3.70. The Labute approximate surface area is 227 Å². The first-order chi connectivity index (χ1) is 18.2. The molecule has 202 valence electrons. The number of nitrogens with one attached hydrogen (secondary N) is 2. The molecular formula is C27H29BrFN3O6. The lowest BCUT2D eigenvalue weighted by atomic mass is 10.1. The average molecular weight is 590 g/mol. The molecule has 0 radical (unpaired) electrons. The summed E-state index contributed by atoms with van der Waals surface area (Å²) in [5.74, 6) is -0.541. The van der Waals surface area contributed by atoms with Crippen LogP contribution in [0.1, 0.15) is 39.7 Å². The summed E-state index contributed by atoms with van der Waals surface area (Å²) in [7, 11) is 0. The van der Waals surface area contributed by atoms with Gasteiger partial charge in [0.1, 0.15) is 22.6 Å². The standard InChI is InChI=1S/C27H29BrFN3O6/c1-4-37-27(36)31-14-20-12-21(29)8-7-19(20)15-38-23-11-17(3)32(26(35)24(23)28)22-13-18(6-5-16(22)2)25(34)30-9-10-33/h5-8,11-13,33H,4,9-10,14-15H2,1-3H3,(H,30,34)(H,31,36). The van der Waals surface area contributed by atoms with E-state index in [2.05, 4.69) is 26.6 Å². The van der Waals surface area contributed by atoms with E-state index in [9.17, 15) is 18.8 Å². The predicted octanol–water partition coefficient (Wildman–Crippen LogP) is 3.90. The molecule has 0 aliphatic heterocycles. The van der Waals surface area contributed by atoms with Crippen LogP contribution in [0.5, 0.6) is 5.75 Å². The number of aliphatic hydroxyl groups is 1. The molecule has 0 fully saturated rings. The number of amides is 2. The molecule has 3 N–H and O–H groups in total. The van der Waals surface area contributed by atoms with E-state index < -0.39 is 11.9 Å². The maximum atomic E-state index is 13.9. The first kappa shape index (κ1) is 28.9. The molecule has 0 saturated carbocycles. The number of ether oxygens (including phenoxy) is 2. The van der Waals surface area contributed by atoms with Crippen LogP contribution in [0.4, 0.5) is 9.18 Å². The van der Waals surface area contributed by atoms with Crippen molar-refractivity contribution in [3.8, 4) is 11.4 Å². The minimum atomic E-state index is -0.615. The molecule has 38 heavy (non-hydrogen) atoms. The first-order valence-electron chi connectivity index (χ1n) is 11.9. The molecule has 2 aromatic carbocycles. The van der Waals surface area contributed by atoms with Crippen LogP contribution in [0.3, 0.4) is 0 Å². The van der Waals surface area contributed by atoms with Gasteiger partial charge in [-0.2, -0.15) is 0 Å². The maximum absolute atomic E-state index is 13.9. The Morgan fingerprint density at radius 3 is 2.55 bits per heavy atom. The van der Waals surface area contributed by atoms with E-state index in [1.807, 2.05) is 6.92 Å². The average Bonchev–Trinajstić information content (AvgIpc) is 2.89. The number of benzene rings is 2. The fraction of sp³-hybridized carbons (Fsp3) is 0.296. The van der Waals surface area contributed by atoms with Gasteiger partial charge in [-0.25, -0.2) is 9.18 Å². The summed E-state index contributed by atoms with van der Waals surface area (Å²) in [5, 5.41) is 14.1. The quantitative estimate of drug-likeness (QED) is 0.330. The summed E-state index contributed by atoms with van der Waals surface area (Å²) < 4.78 is 26.3. The van der Waals surface area contributed by atoms with Gasteiger partial charge in [0.2, 0.25) is 0 Å². The molecule has 0 aliphatic rings. The number of carbonyl (C=O) groups excluding carboxylic acids is 2. The monoisotopic (exact) mass is 589 g/mol. The smallest absolute Gasteiger partial charge is 0.407 e. The lowest BCUT2D eigenvalue weighted by Crippen LogP contribution is -2.27. The van der Waals surface area contributed by atoms with Gasteiger partial charge in [-0.15, -0.1) is 0 Å². The largest absolute Gasteiger partial charge is 0.487 e. The van der Waals surface area contributed by atoms with Crippen molar-refractivity contribution in [2.45, 2.75) is 33.9 Å². The lowest BCUT2D eigenvalue weighted by molar-refractivity contribution is 0.0944. The third kappa shape index (κ3) is 6.99. The maximum Gasteiger partial charge on any atom is 0.407 e. The second kappa shape index (κ2) is 13.2. The number of pyridine rings is 1. The van der Waals surface area contributed by atoms with Crippen LogP contribution < -0.4 is 20.9 Å². The highest BCUT2D eigenvalue weighted by atomic mass is 79.9. The molecule has 3 aromatic rings. The van der Waals surface area contributed by atoms with Crippen LogP contribution in [-0.4, -0.2) is 41.4 Å². The van der Waals surface area contributed by atoms with E-state index in [0.29, 0.717) is 28.1 Å². The zero-order chi connectivity index (χ0) is 27.8. The number of aliphatic hydroxyl groups excluding tert-OH is 1. The van der Waals surface area contributed by atoms with Crippen molar-refractivity contribution >= 4 is 27.9 Å². The fourth-order valence-electron chi connectivity index (χ4n) is 3.75. The van der Waals surface area contributed by atoms with Crippen molar-refractivity contribution < 1.29 is 28.6 Å². The number of aryl methyl sites for hydroxylation is 2. The van der Waals surface area contributed by atoms with Crippen molar-refractivity contribution in [2.75, 3.05) is 19.8 Å². The molecular weight excluding hydrogens is 561 g/mol. The zero-order valence-corrected chi connectivity index (χ0v) is 22.9. The summed E-state index contributed by atoms with van der Waals surface area (Å²) in [6.45, 7) is 5.46. The van der Waals surface area contributed by atoms with Gasteiger partial charge < -0.3 is 25.2 Å². The third-order valence-electron chi connectivity index (χ3n) is 5.66. The number of alkyl carbamates (subject to hydrolysis) is 1. The van der Waals surface area contributed by atoms with E-state index in [1.54, 1.807) is 44.2 Å². The van der Waals surface area contributed by atoms with Crippen LogP contribution >= 0.6 is 15.9 Å². The van der Waals surface area contributed by atoms with E-state index in [1.165, 1.54) is 16.7 Å². The number of hydrogen-bond acceptors (Lipinski definition) is 6. The number of aromatic nitrogens is 1. The Bertz CT molecular complexity index is 1390. The van der Waals surface area contributed by atoms with Crippen LogP contribution in [-0.2, 0) is 17.9 Å². The van der Waals surface area contributed by atoms with E-state index in [-0.39, 0.29) is 54.6 Å². The fourth-order valence-corrected chi connectivity index (χ4v) is 4.16.